The summed E-state index contributed by atoms with van der Waals surface area (Å²) in [6.07, 6.45) is 15.5. The molecule has 1 saturated heterocycles. The predicted molar refractivity (Wildman–Crippen MR) is 195 cm³/mol. The van der Waals surface area contributed by atoms with Crippen LogP contribution in [0.15, 0.2) is 72.8 Å². The molecule has 0 amide bonds. The number of halogens is 1. The van der Waals surface area contributed by atoms with Gasteiger partial charge in [0.05, 0.1) is 6.10 Å². The monoisotopic (exact) mass is 624 g/mol. The number of terminal acetylenes is 1. The van der Waals surface area contributed by atoms with Crippen LogP contribution in [0.3, 0.4) is 0 Å². The van der Waals surface area contributed by atoms with Gasteiger partial charge in [-0.1, -0.05) is 87.9 Å². The van der Waals surface area contributed by atoms with E-state index in [1.54, 1.807) is 6.07 Å². The van der Waals surface area contributed by atoms with Crippen molar-refractivity contribution in [3.05, 3.63) is 106 Å². The Hall–Kier alpha value is -3.39. The van der Waals surface area contributed by atoms with Crippen molar-refractivity contribution in [3.63, 3.8) is 0 Å². The second kappa shape index (κ2) is 18.7. The van der Waals surface area contributed by atoms with Gasteiger partial charge >= 0.3 is 0 Å². The maximum absolute atomic E-state index is 14.5. The van der Waals surface area contributed by atoms with Gasteiger partial charge in [-0.15, -0.1) is 12.8 Å². The van der Waals surface area contributed by atoms with Crippen molar-refractivity contribution < 1.29 is 9.50 Å². The number of aliphatic hydroxyl groups excluding tert-OH is 1. The number of nitrogens with zero attached hydrogens (tertiary/aromatic N) is 2. The lowest BCUT2D eigenvalue weighted by molar-refractivity contribution is 0.0454. The zero-order valence-corrected chi connectivity index (χ0v) is 29.2. The molecule has 0 bridgehead atoms. The Bertz CT molecular complexity index is 1400. The average Bonchev–Trinajstić information content (AvgIpc) is 3.04. The molecule has 0 aromatic heterocycles. The number of piperidine rings is 1. The largest absolute Gasteiger partial charge is 0.393 e. The molecule has 3 aromatic carbocycles. The van der Waals surface area contributed by atoms with Crippen molar-refractivity contribution in [2.24, 2.45) is 17.8 Å². The lowest BCUT2D eigenvalue weighted by atomic mass is 9.81. The number of anilines is 1. The van der Waals surface area contributed by atoms with E-state index in [9.17, 15) is 9.50 Å². The first-order valence-corrected chi connectivity index (χ1v) is 17.2. The van der Waals surface area contributed by atoms with Crippen molar-refractivity contribution in [3.8, 4) is 12.8 Å². The minimum atomic E-state index is -0.178. The van der Waals surface area contributed by atoms with Crippen molar-refractivity contribution >= 4 is 11.3 Å². The number of benzene rings is 3. The van der Waals surface area contributed by atoms with Crippen LogP contribution in [0.25, 0.3) is 5.57 Å². The van der Waals surface area contributed by atoms with Gasteiger partial charge in [0.25, 0.3) is 0 Å². The van der Waals surface area contributed by atoms with E-state index in [2.05, 4.69) is 99.7 Å². The summed E-state index contributed by atoms with van der Waals surface area (Å²) < 4.78 is 14.5. The molecule has 1 heterocycles. The van der Waals surface area contributed by atoms with Crippen LogP contribution in [-0.2, 0) is 6.54 Å². The minimum Gasteiger partial charge on any atom is -0.393 e. The van der Waals surface area contributed by atoms with E-state index in [1.165, 1.54) is 47.7 Å². The van der Waals surface area contributed by atoms with Gasteiger partial charge in [0.15, 0.2) is 0 Å². The highest BCUT2D eigenvalue weighted by Crippen LogP contribution is 2.33. The van der Waals surface area contributed by atoms with E-state index in [1.807, 2.05) is 25.1 Å². The third kappa shape index (κ3) is 10.6. The second-order valence-electron chi connectivity index (χ2n) is 13.5. The standard InChI is InChI=1S/C35H43FN2O.C5H12.C2H2/c1-4-31(33-10-6-7-11-34(33)36)32-14-13-28(19-26(32)3)22-37-17-15-27(16-18-37)23-38(24-29-20-30(39)21-29)35-12-8-5-9-25(35)2;1-4-5(2)3;1-2/h4-14,19,27,29-30,39H,15-18,20-24H2,1-3H3;5H,4H2,1-3H3;1-2H/b31-4+;;. The van der Waals surface area contributed by atoms with Gasteiger partial charge in [-0.3, -0.25) is 4.90 Å². The summed E-state index contributed by atoms with van der Waals surface area (Å²) in [4.78, 5) is 5.18. The smallest absolute Gasteiger partial charge is 0.131 e. The number of aliphatic hydroxyl groups is 1. The van der Waals surface area contributed by atoms with E-state index in [-0.39, 0.29) is 11.9 Å². The maximum atomic E-state index is 14.5. The fraction of sp³-hybridized carbons (Fsp3) is 0.476. The number of rotatable bonds is 10. The summed E-state index contributed by atoms with van der Waals surface area (Å²) in [6.45, 7) is 18.3. The van der Waals surface area contributed by atoms with E-state index in [4.69, 9.17) is 0 Å². The Balaban J connectivity index is 0.000000752. The molecule has 1 N–H and O–H groups in total. The summed E-state index contributed by atoms with van der Waals surface area (Å²) in [5, 5.41) is 9.82. The first-order valence-electron chi connectivity index (χ1n) is 17.2. The molecule has 2 fully saturated rings. The number of hydrogen-bond donors (Lipinski definition) is 1. The molecule has 0 spiro atoms. The predicted octanol–water partition coefficient (Wildman–Crippen LogP) is 9.69. The molecule has 3 aromatic rings. The molecule has 0 radical (unpaired) electrons. The Morgan fingerprint density at radius 3 is 2.09 bits per heavy atom. The number of aryl methyl sites for hydroxylation is 2. The van der Waals surface area contributed by atoms with Crippen LogP contribution in [0, 0.1) is 50.3 Å². The van der Waals surface area contributed by atoms with Gasteiger partial charge in [0, 0.05) is 30.9 Å². The average molecular weight is 625 g/mol. The van der Waals surface area contributed by atoms with Crippen molar-refractivity contribution in [1.82, 2.24) is 4.90 Å². The van der Waals surface area contributed by atoms with Gasteiger partial charge in [-0.2, -0.15) is 0 Å². The summed E-state index contributed by atoms with van der Waals surface area (Å²) in [6, 6.07) is 22.4. The lowest BCUT2D eigenvalue weighted by Gasteiger charge is -2.40. The molecule has 4 heteroatoms. The van der Waals surface area contributed by atoms with Crippen molar-refractivity contribution in [2.75, 3.05) is 31.1 Å². The second-order valence-corrected chi connectivity index (χ2v) is 13.5. The zero-order chi connectivity index (χ0) is 33.6. The Morgan fingerprint density at radius 1 is 0.913 bits per heavy atom. The number of allylic oxidation sites excluding steroid dienone is 1. The molecule has 0 atom stereocenters. The van der Waals surface area contributed by atoms with Crippen LogP contribution in [0.2, 0.25) is 0 Å². The third-order valence-corrected chi connectivity index (χ3v) is 9.59. The maximum Gasteiger partial charge on any atom is 0.131 e. The highest BCUT2D eigenvalue weighted by molar-refractivity contribution is 5.81. The molecule has 248 valence electrons. The molecule has 5 rings (SSSR count). The molecule has 2 aliphatic rings. The molecule has 46 heavy (non-hydrogen) atoms. The molecule has 3 nitrogen and oxygen atoms in total. The van der Waals surface area contributed by atoms with E-state index in [0.717, 1.165) is 62.6 Å². The molecule has 1 aliphatic carbocycles. The van der Waals surface area contributed by atoms with E-state index >= 15 is 0 Å². The van der Waals surface area contributed by atoms with Crippen LogP contribution in [0.5, 0.6) is 0 Å². The highest BCUT2D eigenvalue weighted by atomic mass is 19.1. The number of likely N-dealkylation sites (tertiary alicyclic amines) is 1. The number of hydrogen-bond acceptors (Lipinski definition) is 3. The fourth-order valence-corrected chi connectivity index (χ4v) is 6.51. The number of para-hydroxylation sites is 1. The molecule has 1 saturated carbocycles. The minimum absolute atomic E-state index is 0.0984. The van der Waals surface area contributed by atoms with Crippen LogP contribution >= 0.6 is 0 Å². The van der Waals surface area contributed by atoms with E-state index in [0.29, 0.717) is 17.4 Å². The Morgan fingerprint density at radius 2 is 1.52 bits per heavy atom. The summed E-state index contributed by atoms with van der Waals surface area (Å²) in [5.74, 6) is 2.00. The van der Waals surface area contributed by atoms with Gasteiger partial charge < -0.3 is 10.0 Å². The topological polar surface area (TPSA) is 26.7 Å². The first-order chi connectivity index (χ1) is 22.2. The Labute approximate surface area is 279 Å². The van der Waals surface area contributed by atoms with Gasteiger partial charge in [0.1, 0.15) is 5.82 Å². The quantitative estimate of drug-likeness (QED) is 0.228. The van der Waals surface area contributed by atoms with Crippen molar-refractivity contribution in [1.29, 1.82) is 0 Å². The summed E-state index contributed by atoms with van der Waals surface area (Å²) in [7, 11) is 0. The molecular formula is C42H57FN2O. The summed E-state index contributed by atoms with van der Waals surface area (Å²) in [5.41, 5.74) is 7.91. The Kier molecular flexibility index (Phi) is 15.1. The SMILES string of the molecule is C#C.C/C=C(\c1ccc(CN2CCC(CN(CC3CC(O)C3)c3ccccc3C)CC2)cc1C)c1ccccc1F.CCC(C)C. The van der Waals surface area contributed by atoms with Crippen LogP contribution in [0.1, 0.15) is 87.6 Å². The zero-order valence-electron chi connectivity index (χ0n) is 29.2. The fourth-order valence-electron chi connectivity index (χ4n) is 6.51. The first kappa shape index (κ1) is 37.1. The van der Waals surface area contributed by atoms with Gasteiger partial charge in [0.2, 0.25) is 0 Å². The normalized spacial score (nSPS) is 18.5. The highest BCUT2D eigenvalue weighted by Gasteiger charge is 2.30. The van der Waals surface area contributed by atoms with Crippen LogP contribution < -0.4 is 4.90 Å². The van der Waals surface area contributed by atoms with Gasteiger partial charge in [-0.05, 0) is 117 Å². The van der Waals surface area contributed by atoms with Crippen LogP contribution in [-0.4, -0.2) is 42.3 Å². The molecule has 1 aliphatic heterocycles. The molecular weight excluding hydrogens is 567 g/mol. The van der Waals surface area contributed by atoms with Crippen LogP contribution in [0.4, 0.5) is 10.1 Å². The third-order valence-electron chi connectivity index (χ3n) is 9.59. The van der Waals surface area contributed by atoms with Crippen molar-refractivity contribution in [2.45, 2.75) is 86.3 Å². The molecule has 0 unspecified atom stereocenters. The summed E-state index contributed by atoms with van der Waals surface area (Å²) >= 11 is 0. The van der Waals surface area contributed by atoms with Gasteiger partial charge in [-0.25, -0.2) is 4.39 Å². The lowest BCUT2D eigenvalue weighted by Crippen LogP contribution is -2.43. The van der Waals surface area contributed by atoms with E-state index < -0.39 is 0 Å².